The third-order valence-corrected chi connectivity index (χ3v) is 5.02. The number of terminal acetylenes is 1. The zero-order valence-corrected chi connectivity index (χ0v) is 16.1. The summed E-state index contributed by atoms with van der Waals surface area (Å²) in [7, 11) is 1.63. The Bertz CT molecular complexity index is 953. The normalized spacial score (nSPS) is 10.3. The van der Waals surface area contributed by atoms with Gasteiger partial charge in [-0.1, -0.05) is 35.7 Å². The molecule has 0 atom stereocenters. The molecule has 0 fully saturated rings. The molecule has 27 heavy (non-hydrogen) atoms. The molecular formula is C22H20N2O2S. The summed E-state index contributed by atoms with van der Waals surface area (Å²) >= 11 is 1.44. The number of hydrogen-bond acceptors (Lipinski definition) is 4. The standard InChI is InChI=1S/C22H20N2O2S/c1-4-13-24(14-17-7-5-16(2)6-8-17)22(25)20-15-27-21(23-20)18-9-11-19(26-3)12-10-18/h1,5-12,15H,13-14H2,2-3H3. The quantitative estimate of drug-likeness (QED) is 0.599. The minimum Gasteiger partial charge on any atom is -0.497 e. The fraction of sp³-hybridized carbons (Fsp3) is 0.182. The lowest BCUT2D eigenvalue weighted by Gasteiger charge is -2.19. The summed E-state index contributed by atoms with van der Waals surface area (Å²) < 4.78 is 5.17. The third kappa shape index (κ3) is 4.55. The molecule has 3 aromatic rings. The van der Waals surface area contributed by atoms with Crippen LogP contribution >= 0.6 is 11.3 Å². The number of rotatable bonds is 6. The van der Waals surface area contributed by atoms with E-state index in [0.29, 0.717) is 12.2 Å². The minimum absolute atomic E-state index is 0.162. The second kappa shape index (κ2) is 8.52. The highest BCUT2D eigenvalue weighted by Gasteiger charge is 2.19. The van der Waals surface area contributed by atoms with Gasteiger partial charge in [0.1, 0.15) is 16.5 Å². The van der Waals surface area contributed by atoms with E-state index in [2.05, 4.69) is 10.9 Å². The number of carbonyl (C=O) groups is 1. The van der Waals surface area contributed by atoms with Crippen LogP contribution in [0.2, 0.25) is 0 Å². The van der Waals surface area contributed by atoms with Crippen LogP contribution in [0.5, 0.6) is 5.75 Å². The molecule has 1 heterocycles. The van der Waals surface area contributed by atoms with Crippen molar-refractivity contribution >= 4 is 17.2 Å². The van der Waals surface area contributed by atoms with Gasteiger partial charge in [-0.05, 0) is 36.8 Å². The summed E-state index contributed by atoms with van der Waals surface area (Å²) in [5.41, 5.74) is 3.57. The van der Waals surface area contributed by atoms with Gasteiger partial charge in [0.25, 0.3) is 5.91 Å². The Kier molecular flexibility index (Phi) is 5.90. The molecule has 0 aliphatic heterocycles. The molecule has 5 heteroatoms. The molecular weight excluding hydrogens is 356 g/mol. The third-order valence-electron chi connectivity index (χ3n) is 4.12. The highest BCUT2D eigenvalue weighted by Crippen LogP contribution is 2.26. The summed E-state index contributed by atoms with van der Waals surface area (Å²) in [6.45, 7) is 2.73. The van der Waals surface area contributed by atoms with Gasteiger partial charge in [0, 0.05) is 17.5 Å². The molecule has 0 aliphatic carbocycles. The van der Waals surface area contributed by atoms with Crippen molar-refractivity contribution in [1.82, 2.24) is 9.88 Å². The first-order valence-electron chi connectivity index (χ1n) is 8.49. The van der Waals surface area contributed by atoms with E-state index in [9.17, 15) is 4.79 Å². The van der Waals surface area contributed by atoms with Gasteiger partial charge in [0.2, 0.25) is 0 Å². The van der Waals surface area contributed by atoms with Crippen LogP contribution in [-0.4, -0.2) is 29.4 Å². The SMILES string of the molecule is C#CCN(Cc1ccc(C)cc1)C(=O)c1csc(-c2ccc(OC)cc2)n1. The number of amides is 1. The van der Waals surface area contributed by atoms with Crippen LogP contribution in [-0.2, 0) is 6.54 Å². The topological polar surface area (TPSA) is 42.4 Å². The number of carbonyl (C=O) groups excluding carboxylic acids is 1. The maximum absolute atomic E-state index is 12.9. The van der Waals surface area contributed by atoms with E-state index in [4.69, 9.17) is 11.2 Å². The molecule has 0 aliphatic rings. The molecule has 1 amide bonds. The van der Waals surface area contributed by atoms with Crippen molar-refractivity contribution < 1.29 is 9.53 Å². The van der Waals surface area contributed by atoms with Crippen LogP contribution in [0, 0.1) is 19.3 Å². The zero-order valence-electron chi connectivity index (χ0n) is 15.3. The average Bonchev–Trinajstić information content (AvgIpc) is 3.19. The van der Waals surface area contributed by atoms with Crippen LogP contribution in [0.4, 0.5) is 0 Å². The van der Waals surface area contributed by atoms with Gasteiger partial charge in [-0.2, -0.15) is 0 Å². The minimum atomic E-state index is -0.162. The number of hydrogen-bond donors (Lipinski definition) is 0. The predicted octanol–water partition coefficient (Wildman–Crippen LogP) is 4.40. The Labute approximate surface area is 163 Å². The number of benzene rings is 2. The van der Waals surface area contributed by atoms with Gasteiger partial charge in [-0.25, -0.2) is 4.98 Å². The predicted molar refractivity (Wildman–Crippen MR) is 109 cm³/mol. The van der Waals surface area contributed by atoms with Gasteiger partial charge in [-0.15, -0.1) is 17.8 Å². The van der Waals surface area contributed by atoms with Crippen molar-refractivity contribution in [2.45, 2.75) is 13.5 Å². The number of ether oxygens (including phenoxy) is 1. The Morgan fingerprint density at radius 3 is 2.52 bits per heavy atom. The highest BCUT2D eigenvalue weighted by molar-refractivity contribution is 7.13. The second-order valence-corrected chi connectivity index (χ2v) is 6.98. The monoisotopic (exact) mass is 376 g/mol. The lowest BCUT2D eigenvalue weighted by atomic mass is 10.1. The molecule has 0 saturated heterocycles. The Morgan fingerprint density at radius 2 is 1.89 bits per heavy atom. The summed E-state index contributed by atoms with van der Waals surface area (Å²) in [6.07, 6.45) is 5.47. The maximum atomic E-state index is 12.9. The highest BCUT2D eigenvalue weighted by atomic mass is 32.1. The second-order valence-electron chi connectivity index (χ2n) is 6.12. The summed E-state index contributed by atoms with van der Waals surface area (Å²) in [4.78, 5) is 19.1. The van der Waals surface area contributed by atoms with Gasteiger partial charge >= 0.3 is 0 Å². The van der Waals surface area contributed by atoms with E-state index in [1.807, 2.05) is 55.5 Å². The number of aryl methyl sites for hydroxylation is 1. The Hall–Kier alpha value is -3.10. The fourth-order valence-electron chi connectivity index (χ4n) is 2.62. The number of methoxy groups -OCH3 is 1. The van der Waals surface area contributed by atoms with Crippen LogP contribution in [0.3, 0.4) is 0 Å². The van der Waals surface area contributed by atoms with E-state index < -0.39 is 0 Å². The summed E-state index contributed by atoms with van der Waals surface area (Å²) in [5, 5.41) is 2.57. The van der Waals surface area contributed by atoms with Crippen molar-refractivity contribution in [3.8, 4) is 28.7 Å². The Balaban J connectivity index is 1.78. The van der Waals surface area contributed by atoms with Crippen LogP contribution < -0.4 is 4.74 Å². The van der Waals surface area contributed by atoms with E-state index in [1.54, 1.807) is 17.4 Å². The lowest BCUT2D eigenvalue weighted by molar-refractivity contribution is 0.0761. The maximum Gasteiger partial charge on any atom is 0.274 e. The zero-order chi connectivity index (χ0) is 19.2. The van der Waals surface area contributed by atoms with Crippen molar-refractivity contribution in [3.05, 3.63) is 70.7 Å². The summed E-state index contributed by atoms with van der Waals surface area (Å²) in [6, 6.07) is 15.7. The molecule has 0 N–H and O–H groups in total. The molecule has 0 bridgehead atoms. The van der Waals surface area contributed by atoms with Gasteiger partial charge in [-0.3, -0.25) is 4.79 Å². The van der Waals surface area contributed by atoms with Crippen molar-refractivity contribution in [1.29, 1.82) is 0 Å². The van der Waals surface area contributed by atoms with Gasteiger partial charge in [0.15, 0.2) is 0 Å². The lowest BCUT2D eigenvalue weighted by Crippen LogP contribution is -2.31. The molecule has 0 saturated carbocycles. The molecule has 0 spiro atoms. The summed E-state index contributed by atoms with van der Waals surface area (Å²) in [5.74, 6) is 3.19. The fourth-order valence-corrected chi connectivity index (χ4v) is 3.42. The smallest absolute Gasteiger partial charge is 0.274 e. The Morgan fingerprint density at radius 1 is 1.19 bits per heavy atom. The molecule has 1 aromatic heterocycles. The van der Waals surface area contributed by atoms with Crippen LogP contribution in [0.15, 0.2) is 53.9 Å². The molecule has 136 valence electrons. The van der Waals surface area contributed by atoms with Crippen molar-refractivity contribution in [2.24, 2.45) is 0 Å². The molecule has 4 nitrogen and oxygen atoms in total. The molecule has 2 aromatic carbocycles. The molecule has 0 radical (unpaired) electrons. The van der Waals surface area contributed by atoms with E-state index in [-0.39, 0.29) is 12.5 Å². The van der Waals surface area contributed by atoms with Gasteiger partial charge < -0.3 is 9.64 Å². The van der Waals surface area contributed by atoms with E-state index >= 15 is 0 Å². The van der Waals surface area contributed by atoms with Crippen LogP contribution in [0.1, 0.15) is 21.6 Å². The largest absolute Gasteiger partial charge is 0.497 e. The molecule has 3 rings (SSSR count). The first kappa shape index (κ1) is 18.7. The van der Waals surface area contributed by atoms with E-state index in [0.717, 1.165) is 21.9 Å². The number of aromatic nitrogens is 1. The van der Waals surface area contributed by atoms with Crippen molar-refractivity contribution in [3.63, 3.8) is 0 Å². The van der Waals surface area contributed by atoms with Gasteiger partial charge in [0.05, 0.1) is 13.7 Å². The first-order valence-corrected chi connectivity index (χ1v) is 9.37. The number of nitrogens with zero attached hydrogens (tertiary/aromatic N) is 2. The molecule has 0 unspecified atom stereocenters. The van der Waals surface area contributed by atoms with Crippen LogP contribution in [0.25, 0.3) is 10.6 Å². The van der Waals surface area contributed by atoms with E-state index in [1.165, 1.54) is 16.9 Å². The first-order chi connectivity index (χ1) is 13.1. The number of thiazole rings is 1. The van der Waals surface area contributed by atoms with Crippen molar-refractivity contribution in [2.75, 3.05) is 13.7 Å². The average molecular weight is 376 g/mol.